The first kappa shape index (κ1) is 18.1. The van der Waals surface area contributed by atoms with Crippen molar-refractivity contribution in [3.63, 3.8) is 0 Å². The molecule has 0 atom stereocenters. The molecule has 7 rings (SSSR count). The SMILES string of the molecule is c1c[nH]c(-c2[nH]c3ccc(-c4ncc[nH]4)c(-c4nc5ccccc5[nH]4)c3c2-c2cnsn2)c1. The molecule has 0 saturated carbocycles. The molecular weight excluding hydrogens is 432 g/mol. The summed E-state index contributed by atoms with van der Waals surface area (Å²) >= 11 is 1.19. The highest BCUT2D eigenvalue weighted by atomic mass is 32.1. The third-order valence-corrected chi connectivity index (χ3v) is 6.31. The predicted molar refractivity (Wildman–Crippen MR) is 130 cm³/mol. The Morgan fingerprint density at radius 2 is 1.76 bits per heavy atom. The quantitative estimate of drug-likeness (QED) is 0.280. The van der Waals surface area contributed by atoms with E-state index in [1.165, 1.54) is 11.7 Å². The van der Waals surface area contributed by atoms with Gasteiger partial charge in [-0.05, 0) is 36.4 Å². The number of para-hydroxylation sites is 2. The molecule has 158 valence electrons. The molecule has 5 aromatic heterocycles. The molecule has 33 heavy (non-hydrogen) atoms. The number of hydrogen-bond donors (Lipinski definition) is 4. The van der Waals surface area contributed by atoms with E-state index in [9.17, 15) is 0 Å². The molecule has 2 aromatic carbocycles. The van der Waals surface area contributed by atoms with Crippen LogP contribution < -0.4 is 0 Å². The molecular formula is C24H16N8S. The Hall–Kier alpha value is -4.50. The molecule has 0 saturated heterocycles. The lowest BCUT2D eigenvalue weighted by Gasteiger charge is -2.09. The molecule has 9 heteroatoms. The van der Waals surface area contributed by atoms with E-state index in [2.05, 4.69) is 45.8 Å². The second kappa shape index (κ2) is 7.01. The predicted octanol–water partition coefficient (Wildman–Crippen LogP) is 5.61. The van der Waals surface area contributed by atoms with Crippen molar-refractivity contribution in [1.29, 1.82) is 0 Å². The Bertz CT molecular complexity index is 1670. The van der Waals surface area contributed by atoms with Gasteiger partial charge < -0.3 is 19.9 Å². The van der Waals surface area contributed by atoms with Gasteiger partial charge in [0.2, 0.25) is 0 Å². The molecule has 5 heterocycles. The normalized spacial score (nSPS) is 11.6. The smallest absolute Gasteiger partial charge is 0.139 e. The van der Waals surface area contributed by atoms with Crippen LogP contribution in [0.1, 0.15) is 0 Å². The summed E-state index contributed by atoms with van der Waals surface area (Å²) in [5.41, 5.74) is 8.49. The summed E-state index contributed by atoms with van der Waals surface area (Å²) in [5.74, 6) is 1.55. The van der Waals surface area contributed by atoms with Crippen molar-refractivity contribution in [3.8, 4) is 45.4 Å². The number of imidazole rings is 2. The van der Waals surface area contributed by atoms with E-state index in [0.717, 1.165) is 67.4 Å². The van der Waals surface area contributed by atoms with Crippen LogP contribution in [0.2, 0.25) is 0 Å². The minimum atomic E-state index is 0.773. The number of nitrogens with zero attached hydrogens (tertiary/aromatic N) is 4. The van der Waals surface area contributed by atoms with E-state index in [4.69, 9.17) is 4.98 Å². The standard InChI is InChI=1S/C24H16N8S/c1-2-5-15-14(4-1)30-24(31-15)19-13(23-26-10-11-27-23)7-8-16-20(19)21(18-12-28-33-32-18)22(29-16)17-6-3-9-25-17/h1-12,25,29H,(H,26,27)(H,30,31). The Morgan fingerprint density at radius 1 is 0.788 bits per heavy atom. The van der Waals surface area contributed by atoms with Crippen LogP contribution in [-0.2, 0) is 0 Å². The van der Waals surface area contributed by atoms with Gasteiger partial charge in [0.1, 0.15) is 17.3 Å². The molecule has 0 bridgehead atoms. The maximum absolute atomic E-state index is 4.95. The van der Waals surface area contributed by atoms with E-state index in [-0.39, 0.29) is 0 Å². The summed E-state index contributed by atoms with van der Waals surface area (Å²) in [6.45, 7) is 0. The lowest BCUT2D eigenvalue weighted by Crippen LogP contribution is -1.91. The second-order valence-electron chi connectivity index (χ2n) is 7.70. The first-order valence-corrected chi connectivity index (χ1v) is 11.1. The van der Waals surface area contributed by atoms with Gasteiger partial charge in [0.15, 0.2) is 0 Å². The van der Waals surface area contributed by atoms with Gasteiger partial charge >= 0.3 is 0 Å². The van der Waals surface area contributed by atoms with Crippen molar-refractivity contribution in [3.05, 3.63) is 73.3 Å². The van der Waals surface area contributed by atoms with Crippen LogP contribution in [0.4, 0.5) is 0 Å². The summed E-state index contributed by atoms with van der Waals surface area (Å²) in [6, 6.07) is 16.2. The number of nitrogens with one attached hydrogen (secondary N) is 4. The van der Waals surface area contributed by atoms with Crippen molar-refractivity contribution in [2.24, 2.45) is 0 Å². The molecule has 0 amide bonds. The van der Waals surface area contributed by atoms with Crippen LogP contribution in [0.25, 0.3) is 67.4 Å². The van der Waals surface area contributed by atoms with Crippen LogP contribution in [-0.4, -0.2) is 38.7 Å². The average Bonchev–Trinajstić information content (AvgIpc) is 3.67. The highest BCUT2D eigenvalue weighted by molar-refractivity contribution is 6.99. The van der Waals surface area contributed by atoms with Gasteiger partial charge in [0, 0.05) is 46.2 Å². The van der Waals surface area contributed by atoms with Gasteiger partial charge in [-0.25, -0.2) is 9.97 Å². The van der Waals surface area contributed by atoms with Gasteiger partial charge in [-0.15, -0.1) is 0 Å². The fourth-order valence-corrected chi connectivity index (χ4v) is 4.86. The van der Waals surface area contributed by atoms with Crippen molar-refractivity contribution in [2.45, 2.75) is 0 Å². The van der Waals surface area contributed by atoms with Gasteiger partial charge in [-0.1, -0.05) is 12.1 Å². The minimum absolute atomic E-state index is 0.773. The molecule has 0 aliphatic heterocycles. The maximum Gasteiger partial charge on any atom is 0.139 e. The molecule has 0 aliphatic rings. The highest BCUT2D eigenvalue weighted by Crippen LogP contribution is 2.45. The Labute approximate surface area is 191 Å². The van der Waals surface area contributed by atoms with E-state index >= 15 is 0 Å². The van der Waals surface area contributed by atoms with E-state index < -0.39 is 0 Å². The van der Waals surface area contributed by atoms with E-state index in [1.807, 2.05) is 55.0 Å². The van der Waals surface area contributed by atoms with Crippen LogP contribution in [0.15, 0.2) is 73.3 Å². The molecule has 0 fully saturated rings. The van der Waals surface area contributed by atoms with Gasteiger partial charge in [-0.3, -0.25) is 0 Å². The van der Waals surface area contributed by atoms with E-state index in [1.54, 1.807) is 6.20 Å². The molecule has 4 N–H and O–H groups in total. The van der Waals surface area contributed by atoms with Crippen LogP contribution in [0, 0.1) is 0 Å². The lowest BCUT2D eigenvalue weighted by atomic mass is 9.96. The third-order valence-electron chi connectivity index (χ3n) is 5.83. The zero-order valence-corrected chi connectivity index (χ0v) is 17.9. The fourth-order valence-electron chi connectivity index (χ4n) is 4.43. The maximum atomic E-state index is 4.95. The molecule has 7 aromatic rings. The summed E-state index contributed by atoms with van der Waals surface area (Å²) in [7, 11) is 0. The number of fused-ring (bicyclic) bond motifs is 2. The van der Waals surface area contributed by atoms with Crippen LogP contribution in [0.5, 0.6) is 0 Å². The highest BCUT2D eigenvalue weighted by Gasteiger charge is 2.25. The number of rotatable bonds is 4. The van der Waals surface area contributed by atoms with Crippen molar-refractivity contribution < 1.29 is 0 Å². The Balaban J connectivity index is 1.65. The molecule has 0 unspecified atom stereocenters. The molecule has 0 aliphatic carbocycles. The zero-order chi connectivity index (χ0) is 21.8. The minimum Gasteiger partial charge on any atom is -0.360 e. The van der Waals surface area contributed by atoms with Gasteiger partial charge in [0.05, 0.1) is 40.3 Å². The summed E-state index contributed by atoms with van der Waals surface area (Å²) in [5, 5.41) is 1.01. The third kappa shape index (κ3) is 2.76. The molecule has 8 nitrogen and oxygen atoms in total. The number of hydrogen-bond acceptors (Lipinski definition) is 5. The Morgan fingerprint density at radius 3 is 2.55 bits per heavy atom. The topological polar surface area (TPSA) is 115 Å². The van der Waals surface area contributed by atoms with Gasteiger partial charge in [-0.2, -0.15) is 8.75 Å². The summed E-state index contributed by atoms with van der Waals surface area (Å²) in [4.78, 5) is 23.2. The van der Waals surface area contributed by atoms with Crippen LogP contribution in [0.3, 0.4) is 0 Å². The number of H-pyrrole nitrogens is 4. The molecule has 0 spiro atoms. The summed E-state index contributed by atoms with van der Waals surface area (Å²) < 4.78 is 8.87. The average molecular weight is 449 g/mol. The number of aromatic amines is 4. The van der Waals surface area contributed by atoms with Crippen molar-refractivity contribution in [2.75, 3.05) is 0 Å². The first-order chi connectivity index (χ1) is 16.4. The second-order valence-corrected chi connectivity index (χ2v) is 8.26. The largest absolute Gasteiger partial charge is 0.360 e. The number of aromatic nitrogens is 8. The summed E-state index contributed by atoms with van der Waals surface area (Å²) in [6.07, 6.45) is 7.31. The van der Waals surface area contributed by atoms with Crippen molar-refractivity contribution >= 4 is 33.7 Å². The monoisotopic (exact) mass is 448 g/mol. The lowest BCUT2D eigenvalue weighted by molar-refractivity contribution is 1.29. The first-order valence-electron chi connectivity index (χ1n) is 10.4. The molecule has 0 radical (unpaired) electrons. The van der Waals surface area contributed by atoms with Gasteiger partial charge in [0.25, 0.3) is 0 Å². The van der Waals surface area contributed by atoms with E-state index in [0.29, 0.717) is 0 Å². The fraction of sp³-hybridized carbons (Fsp3) is 0. The van der Waals surface area contributed by atoms with Crippen LogP contribution >= 0.6 is 11.7 Å². The van der Waals surface area contributed by atoms with Crippen molar-refractivity contribution in [1.82, 2.24) is 38.7 Å². The number of benzene rings is 2. The Kier molecular flexibility index (Phi) is 3.84. The zero-order valence-electron chi connectivity index (χ0n) is 17.1.